The highest BCUT2D eigenvalue weighted by Gasteiger charge is 2.06. The number of aromatic nitrogens is 2. The number of aryl methyl sites for hydroxylation is 1. The third kappa shape index (κ3) is 2.95. The lowest BCUT2D eigenvalue weighted by molar-refractivity contribution is -0.140. The number of esters is 1. The lowest BCUT2D eigenvalue weighted by Crippen LogP contribution is -2.01. The number of nitrogen functional groups attached to an aromatic ring is 1. The molecule has 2 N–H and O–H groups in total. The Labute approximate surface area is 86.6 Å². The third-order valence-corrected chi connectivity index (χ3v) is 2.59. The van der Waals surface area contributed by atoms with Crippen molar-refractivity contribution in [2.75, 3.05) is 18.6 Å². The van der Waals surface area contributed by atoms with Crippen molar-refractivity contribution < 1.29 is 9.53 Å². The summed E-state index contributed by atoms with van der Waals surface area (Å²) >= 11 is 1.45. The fourth-order valence-electron chi connectivity index (χ4n) is 0.932. The zero-order chi connectivity index (χ0) is 10.6. The molecule has 1 heterocycles. The van der Waals surface area contributed by atoms with E-state index in [1.54, 1.807) is 17.9 Å². The second-order valence-electron chi connectivity index (χ2n) is 2.74. The topological polar surface area (TPSA) is 70.1 Å². The summed E-state index contributed by atoms with van der Waals surface area (Å²) in [5.74, 6) is 0.417. The zero-order valence-corrected chi connectivity index (χ0v) is 9.00. The molecule has 0 bridgehead atoms. The summed E-state index contributed by atoms with van der Waals surface area (Å²) in [4.78, 5) is 10.8. The lowest BCUT2D eigenvalue weighted by Gasteiger charge is -1.98. The van der Waals surface area contributed by atoms with Gasteiger partial charge in [0.15, 0.2) is 0 Å². The van der Waals surface area contributed by atoms with Gasteiger partial charge in [-0.2, -0.15) is 5.10 Å². The average molecular weight is 215 g/mol. The summed E-state index contributed by atoms with van der Waals surface area (Å²) in [5, 5.41) is 4.90. The van der Waals surface area contributed by atoms with Crippen molar-refractivity contribution in [3.05, 3.63) is 6.20 Å². The Morgan fingerprint density at radius 1 is 1.79 bits per heavy atom. The summed E-state index contributed by atoms with van der Waals surface area (Å²) in [6, 6.07) is 0. The SMILES string of the molecule is COC(=O)CCSc1nn(C)cc1N. The molecule has 0 aromatic carbocycles. The molecule has 0 aliphatic heterocycles. The second kappa shape index (κ2) is 4.90. The van der Waals surface area contributed by atoms with Crippen molar-refractivity contribution in [3.8, 4) is 0 Å². The molecule has 0 unspecified atom stereocenters. The van der Waals surface area contributed by atoms with Gasteiger partial charge in [-0.05, 0) is 0 Å². The van der Waals surface area contributed by atoms with E-state index >= 15 is 0 Å². The van der Waals surface area contributed by atoms with Crippen LogP contribution in [0.5, 0.6) is 0 Å². The van der Waals surface area contributed by atoms with Gasteiger partial charge in [0, 0.05) is 19.0 Å². The molecule has 14 heavy (non-hydrogen) atoms. The summed E-state index contributed by atoms with van der Waals surface area (Å²) in [7, 11) is 3.18. The van der Waals surface area contributed by atoms with Crippen LogP contribution in [0.25, 0.3) is 0 Å². The quantitative estimate of drug-likeness (QED) is 0.590. The van der Waals surface area contributed by atoms with Crippen LogP contribution in [0.15, 0.2) is 11.2 Å². The van der Waals surface area contributed by atoms with E-state index in [4.69, 9.17) is 5.73 Å². The average Bonchev–Trinajstić information content (AvgIpc) is 2.45. The zero-order valence-electron chi connectivity index (χ0n) is 8.19. The Morgan fingerprint density at radius 3 is 3.00 bits per heavy atom. The van der Waals surface area contributed by atoms with Crippen molar-refractivity contribution >= 4 is 23.4 Å². The van der Waals surface area contributed by atoms with Gasteiger partial charge < -0.3 is 10.5 Å². The van der Waals surface area contributed by atoms with E-state index in [-0.39, 0.29) is 5.97 Å². The minimum atomic E-state index is -0.216. The van der Waals surface area contributed by atoms with E-state index in [1.165, 1.54) is 18.9 Å². The Morgan fingerprint density at radius 2 is 2.50 bits per heavy atom. The normalized spacial score (nSPS) is 10.1. The highest BCUT2D eigenvalue weighted by molar-refractivity contribution is 7.99. The standard InChI is InChI=1S/C8H13N3O2S/c1-11-5-6(9)8(10-11)14-4-3-7(12)13-2/h5H,3-4,9H2,1-2H3. The maximum atomic E-state index is 10.8. The first-order valence-electron chi connectivity index (χ1n) is 4.12. The maximum Gasteiger partial charge on any atom is 0.306 e. The third-order valence-electron chi connectivity index (χ3n) is 1.59. The van der Waals surface area contributed by atoms with Gasteiger partial charge in [-0.3, -0.25) is 9.48 Å². The van der Waals surface area contributed by atoms with Gasteiger partial charge in [-0.15, -0.1) is 11.8 Å². The van der Waals surface area contributed by atoms with Crippen LogP contribution in [-0.4, -0.2) is 28.6 Å². The molecule has 6 heteroatoms. The fraction of sp³-hybridized carbons (Fsp3) is 0.500. The first kappa shape index (κ1) is 10.9. The number of thioether (sulfide) groups is 1. The van der Waals surface area contributed by atoms with E-state index in [1.807, 2.05) is 0 Å². The summed E-state index contributed by atoms with van der Waals surface area (Å²) in [6.45, 7) is 0. The number of methoxy groups -OCH3 is 1. The molecule has 1 rings (SSSR count). The van der Waals surface area contributed by atoms with Crippen molar-refractivity contribution in [1.82, 2.24) is 9.78 Å². The minimum absolute atomic E-state index is 0.216. The van der Waals surface area contributed by atoms with Crippen LogP contribution in [0.3, 0.4) is 0 Å². The molecule has 0 aliphatic carbocycles. The molecule has 0 saturated heterocycles. The van der Waals surface area contributed by atoms with Crippen molar-refractivity contribution in [2.45, 2.75) is 11.4 Å². The van der Waals surface area contributed by atoms with E-state index in [9.17, 15) is 4.79 Å². The second-order valence-corrected chi connectivity index (χ2v) is 3.82. The van der Waals surface area contributed by atoms with Gasteiger partial charge in [0.05, 0.1) is 19.2 Å². The van der Waals surface area contributed by atoms with Gasteiger partial charge in [-0.25, -0.2) is 0 Å². The molecule has 5 nitrogen and oxygen atoms in total. The molecular formula is C8H13N3O2S. The lowest BCUT2D eigenvalue weighted by atomic mass is 10.5. The van der Waals surface area contributed by atoms with Gasteiger partial charge >= 0.3 is 5.97 Å². The van der Waals surface area contributed by atoms with Crippen LogP contribution < -0.4 is 5.73 Å². The first-order valence-corrected chi connectivity index (χ1v) is 5.10. The molecule has 0 atom stereocenters. The molecule has 0 amide bonds. The van der Waals surface area contributed by atoms with Crippen molar-refractivity contribution in [1.29, 1.82) is 0 Å². The van der Waals surface area contributed by atoms with Gasteiger partial charge in [0.2, 0.25) is 0 Å². The number of nitrogens with two attached hydrogens (primary N) is 1. The first-order chi connectivity index (χ1) is 6.63. The van der Waals surface area contributed by atoms with Crippen LogP contribution in [0, 0.1) is 0 Å². The van der Waals surface area contributed by atoms with E-state index in [2.05, 4.69) is 9.84 Å². The van der Waals surface area contributed by atoms with Gasteiger partial charge in [0.25, 0.3) is 0 Å². The highest BCUT2D eigenvalue weighted by Crippen LogP contribution is 2.22. The molecule has 0 radical (unpaired) electrons. The predicted octanol–water partition coefficient (Wildman–Crippen LogP) is 0.658. The van der Waals surface area contributed by atoms with Gasteiger partial charge in [0.1, 0.15) is 5.03 Å². The van der Waals surface area contributed by atoms with Crippen LogP contribution >= 0.6 is 11.8 Å². The number of hydrogen-bond donors (Lipinski definition) is 1. The summed E-state index contributed by atoms with van der Waals surface area (Å²) in [6.07, 6.45) is 2.11. The molecule has 0 spiro atoms. The highest BCUT2D eigenvalue weighted by atomic mass is 32.2. The number of carbonyl (C=O) groups is 1. The monoisotopic (exact) mass is 215 g/mol. The van der Waals surface area contributed by atoms with Crippen LogP contribution in [0.4, 0.5) is 5.69 Å². The van der Waals surface area contributed by atoms with E-state index < -0.39 is 0 Å². The Hall–Kier alpha value is -1.17. The van der Waals surface area contributed by atoms with Crippen molar-refractivity contribution in [3.63, 3.8) is 0 Å². The number of hydrogen-bond acceptors (Lipinski definition) is 5. The molecule has 0 aliphatic rings. The smallest absolute Gasteiger partial charge is 0.306 e. The largest absolute Gasteiger partial charge is 0.469 e. The summed E-state index contributed by atoms with van der Waals surface area (Å²) in [5.41, 5.74) is 6.31. The van der Waals surface area contributed by atoms with Gasteiger partial charge in [-0.1, -0.05) is 0 Å². The molecule has 78 valence electrons. The summed E-state index contributed by atoms with van der Waals surface area (Å²) < 4.78 is 6.16. The maximum absolute atomic E-state index is 10.8. The van der Waals surface area contributed by atoms with Crippen LogP contribution in [-0.2, 0) is 16.6 Å². The molecular weight excluding hydrogens is 202 g/mol. The molecule has 1 aromatic heterocycles. The minimum Gasteiger partial charge on any atom is -0.469 e. The van der Waals surface area contributed by atoms with E-state index in [0.29, 0.717) is 17.9 Å². The Kier molecular flexibility index (Phi) is 3.82. The van der Waals surface area contributed by atoms with Crippen LogP contribution in [0.2, 0.25) is 0 Å². The number of anilines is 1. The number of nitrogens with zero attached hydrogens (tertiary/aromatic N) is 2. The Bertz CT molecular complexity index is 324. The number of ether oxygens (including phenoxy) is 1. The molecule has 0 saturated carbocycles. The van der Waals surface area contributed by atoms with Crippen LogP contribution in [0.1, 0.15) is 6.42 Å². The Balaban J connectivity index is 2.38. The number of rotatable bonds is 4. The molecule has 0 fully saturated rings. The number of carbonyl (C=O) groups excluding carboxylic acids is 1. The predicted molar refractivity (Wildman–Crippen MR) is 55.0 cm³/mol. The van der Waals surface area contributed by atoms with Crippen molar-refractivity contribution in [2.24, 2.45) is 7.05 Å². The molecule has 1 aromatic rings. The van der Waals surface area contributed by atoms with E-state index in [0.717, 1.165) is 5.03 Å². The fourth-order valence-corrected chi connectivity index (χ4v) is 1.80.